The van der Waals surface area contributed by atoms with E-state index in [9.17, 15) is 9.59 Å². The molecule has 0 radical (unpaired) electrons. The Balaban J connectivity index is 3.89. The lowest BCUT2D eigenvalue weighted by Crippen LogP contribution is -2.44. The Kier molecular flexibility index (Phi) is 16.5. The van der Waals surface area contributed by atoms with E-state index in [1.807, 2.05) is 9.80 Å². The Morgan fingerprint density at radius 2 is 0.917 bits per heavy atom. The largest absolute Gasteiger partial charge is 0.353 e. The van der Waals surface area contributed by atoms with Crippen molar-refractivity contribution in [2.24, 2.45) is 0 Å². The maximum atomic E-state index is 11.8. The van der Waals surface area contributed by atoms with Crippen molar-refractivity contribution in [3.63, 3.8) is 0 Å². The summed E-state index contributed by atoms with van der Waals surface area (Å²) >= 11 is 22.7. The molecule has 0 aromatic carbocycles. The predicted octanol–water partition coefficient (Wildman–Crippen LogP) is 0.778. The molecular weight excluding hydrogens is 398 g/mol. The topological polar surface area (TPSA) is 64.7 Å². The minimum absolute atomic E-state index is 0.120. The second-order valence-electron chi connectivity index (χ2n) is 5.01. The summed E-state index contributed by atoms with van der Waals surface area (Å²) in [6.45, 7) is 3.64. The molecular formula is C14H26Cl4N4O2. The smallest absolute Gasteiger partial charge is 0.234 e. The predicted molar refractivity (Wildman–Crippen MR) is 102 cm³/mol. The first-order chi connectivity index (χ1) is 11.6. The van der Waals surface area contributed by atoms with E-state index in [4.69, 9.17) is 46.4 Å². The molecule has 0 unspecified atom stereocenters. The molecule has 0 aromatic rings. The van der Waals surface area contributed by atoms with E-state index in [-0.39, 0.29) is 24.9 Å². The molecule has 24 heavy (non-hydrogen) atoms. The van der Waals surface area contributed by atoms with Crippen molar-refractivity contribution >= 4 is 58.2 Å². The molecule has 0 aromatic heterocycles. The molecule has 2 amide bonds. The minimum Gasteiger partial charge on any atom is -0.353 e. The standard InChI is InChI=1S/C14H26Cl4N4O2/c15-1-7-21(8-2-16)11-13(23)19-5-6-20-14(24)12-22(9-3-17)10-4-18/h1-12H2,(H,19,23)(H,20,24). The lowest BCUT2D eigenvalue weighted by Gasteiger charge is -2.20. The lowest BCUT2D eigenvalue weighted by molar-refractivity contribution is -0.124. The zero-order valence-corrected chi connectivity index (χ0v) is 16.7. The lowest BCUT2D eigenvalue weighted by atomic mass is 10.4. The zero-order chi connectivity index (χ0) is 18.2. The Bertz CT molecular complexity index is 307. The summed E-state index contributed by atoms with van der Waals surface area (Å²) in [6.07, 6.45) is 0. The summed E-state index contributed by atoms with van der Waals surface area (Å²) in [5.74, 6) is 1.54. The normalized spacial score (nSPS) is 11.1. The van der Waals surface area contributed by atoms with Crippen LogP contribution >= 0.6 is 46.4 Å². The van der Waals surface area contributed by atoms with Crippen LogP contribution in [0.5, 0.6) is 0 Å². The Morgan fingerprint density at radius 1 is 0.625 bits per heavy atom. The van der Waals surface area contributed by atoms with E-state index in [0.29, 0.717) is 62.8 Å². The number of hydrogen-bond acceptors (Lipinski definition) is 4. The van der Waals surface area contributed by atoms with Crippen molar-refractivity contribution in [3.8, 4) is 0 Å². The second kappa shape index (κ2) is 16.5. The average Bonchev–Trinajstić information content (AvgIpc) is 2.52. The molecule has 0 rings (SSSR count). The van der Waals surface area contributed by atoms with Crippen LogP contribution in [0.1, 0.15) is 0 Å². The van der Waals surface area contributed by atoms with Gasteiger partial charge in [0.2, 0.25) is 11.8 Å². The van der Waals surface area contributed by atoms with Crippen LogP contribution < -0.4 is 10.6 Å². The molecule has 0 saturated carbocycles. The molecule has 2 N–H and O–H groups in total. The van der Waals surface area contributed by atoms with Crippen molar-refractivity contribution < 1.29 is 9.59 Å². The van der Waals surface area contributed by atoms with Gasteiger partial charge in [0.05, 0.1) is 13.1 Å². The molecule has 0 atom stereocenters. The van der Waals surface area contributed by atoms with Crippen LogP contribution in [0.4, 0.5) is 0 Å². The second-order valence-corrected chi connectivity index (χ2v) is 6.52. The number of hydrogen-bond donors (Lipinski definition) is 2. The van der Waals surface area contributed by atoms with Crippen LogP contribution in [0.3, 0.4) is 0 Å². The van der Waals surface area contributed by atoms with Gasteiger partial charge in [-0.25, -0.2) is 0 Å². The van der Waals surface area contributed by atoms with Gasteiger partial charge in [0, 0.05) is 62.8 Å². The van der Waals surface area contributed by atoms with E-state index in [2.05, 4.69) is 10.6 Å². The van der Waals surface area contributed by atoms with Crippen LogP contribution in [0.15, 0.2) is 0 Å². The van der Waals surface area contributed by atoms with E-state index < -0.39 is 0 Å². The van der Waals surface area contributed by atoms with Crippen molar-refractivity contribution in [1.82, 2.24) is 20.4 Å². The Labute approximate surface area is 164 Å². The van der Waals surface area contributed by atoms with E-state index >= 15 is 0 Å². The van der Waals surface area contributed by atoms with Crippen molar-refractivity contribution in [1.29, 1.82) is 0 Å². The van der Waals surface area contributed by atoms with Gasteiger partial charge >= 0.3 is 0 Å². The highest BCUT2D eigenvalue weighted by Gasteiger charge is 2.11. The van der Waals surface area contributed by atoms with Crippen LogP contribution in [0.2, 0.25) is 0 Å². The number of halogens is 4. The first-order valence-electron chi connectivity index (χ1n) is 7.79. The summed E-state index contributed by atoms with van der Waals surface area (Å²) in [4.78, 5) is 27.4. The van der Waals surface area contributed by atoms with E-state index in [1.165, 1.54) is 0 Å². The Morgan fingerprint density at radius 3 is 1.17 bits per heavy atom. The summed E-state index contributed by atoms with van der Waals surface area (Å²) < 4.78 is 0. The maximum absolute atomic E-state index is 11.8. The monoisotopic (exact) mass is 422 g/mol. The summed E-state index contributed by atoms with van der Waals surface area (Å²) in [6, 6.07) is 0. The van der Waals surface area contributed by atoms with Gasteiger partial charge in [-0.05, 0) is 0 Å². The summed E-state index contributed by atoms with van der Waals surface area (Å²) in [7, 11) is 0. The highest BCUT2D eigenvalue weighted by atomic mass is 35.5. The van der Waals surface area contributed by atoms with Crippen LogP contribution in [-0.4, -0.2) is 97.5 Å². The van der Waals surface area contributed by atoms with E-state index in [0.717, 1.165) is 0 Å². The highest BCUT2D eigenvalue weighted by molar-refractivity contribution is 6.18. The van der Waals surface area contributed by atoms with Crippen LogP contribution in [0, 0.1) is 0 Å². The number of nitrogens with one attached hydrogen (secondary N) is 2. The minimum atomic E-state index is -0.120. The molecule has 0 aliphatic carbocycles. The third-order valence-corrected chi connectivity index (χ3v) is 3.78. The molecule has 0 saturated heterocycles. The number of amides is 2. The Hall–Kier alpha value is 0.0200. The van der Waals surface area contributed by atoms with Gasteiger partial charge in [0.1, 0.15) is 0 Å². The first kappa shape index (κ1) is 24.0. The fraction of sp³-hybridized carbons (Fsp3) is 0.857. The molecule has 142 valence electrons. The van der Waals surface area contributed by atoms with Crippen LogP contribution in [0.25, 0.3) is 0 Å². The number of nitrogens with zero attached hydrogens (tertiary/aromatic N) is 2. The third-order valence-electron chi connectivity index (χ3n) is 3.11. The summed E-state index contributed by atoms with van der Waals surface area (Å²) in [5, 5.41) is 5.50. The molecule has 6 nitrogen and oxygen atoms in total. The van der Waals surface area contributed by atoms with Gasteiger partial charge in [0.15, 0.2) is 0 Å². The summed E-state index contributed by atoms with van der Waals surface area (Å²) in [5.41, 5.74) is 0. The number of rotatable bonds is 15. The van der Waals surface area contributed by atoms with Crippen molar-refractivity contribution in [2.75, 3.05) is 75.9 Å². The molecule has 0 bridgehead atoms. The number of alkyl halides is 4. The molecule has 0 spiro atoms. The molecule has 0 aliphatic rings. The fourth-order valence-corrected chi connectivity index (χ4v) is 2.90. The number of carbonyl (C=O) groups excluding carboxylic acids is 2. The van der Waals surface area contributed by atoms with Crippen molar-refractivity contribution in [2.45, 2.75) is 0 Å². The average molecular weight is 424 g/mol. The fourth-order valence-electron chi connectivity index (χ4n) is 1.94. The zero-order valence-electron chi connectivity index (χ0n) is 13.7. The molecule has 0 fully saturated rings. The van der Waals surface area contributed by atoms with Gasteiger partial charge in [-0.1, -0.05) is 0 Å². The molecule has 10 heteroatoms. The van der Waals surface area contributed by atoms with Gasteiger partial charge in [-0.2, -0.15) is 0 Å². The van der Waals surface area contributed by atoms with Crippen LogP contribution in [-0.2, 0) is 9.59 Å². The number of carbonyl (C=O) groups is 2. The van der Waals surface area contributed by atoms with Gasteiger partial charge in [-0.15, -0.1) is 46.4 Å². The highest BCUT2D eigenvalue weighted by Crippen LogP contribution is 1.92. The quantitative estimate of drug-likeness (QED) is 0.301. The van der Waals surface area contributed by atoms with Gasteiger partial charge in [0.25, 0.3) is 0 Å². The maximum Gasteiger partial charge on any atom is 0.234 e. The molecule has 0 heterocycles. The first-order valence-corrected chi connectivity index (χ1v) is 9.93. The SMILES string of the molecule is O=C(CN(CCCl)CCCl)NCCNC(=O)CN(CCCl)CCCl. The van der Waals surface area contributed by atoms with Gasteiger partial charge < -0.3 is 10.6 Å². The third kappa shape index (κ3) is 13.3. The van der Waals surface area contributed by atoms with Crippen molar-refractivity contribution in [3.05, 3.63) is 0 Å². The molecule has 0 aliphatic heterocycles. The van der Waals surface area contributed by atoms with Gasteiger partial charge in [-0.3, -0.25) is 19.4 Å². The van der Waals surface area contributed by atoms with E-state index in [1.54, 1.807) is 0 Å².